The largest absolute Gasteiger partial charge is 0.467 e. The molecule has 0 fully saturated rings. The molecule has 19 heavy (non-hydrogen) atoms. The van der Waals surface area contributed by atoms with Gasteiger partial charge in [0.1, 0.15) is 11.6 Å². The molecule has 4 heteroatoms. The Balaban J connectivity index is 2.21. The van der Waals surface area contributed by atoms with Crippen molar-refractivity contribution in [1.29, 1.82) is 0 Å². The third-order valence-electron chi connectivity index (χ3n) is 3.09. The molecule has 102 valence electrons. The first-order valence-electron chi connectivity index (χ1n) is 6.33. The molecule has 0 saturated carbocycles. The summed E-state index contributed by atoms with van der Waals surface area (Å²) in [5, 5.41) is 3.53. The molecule has 0 spiro atoms. The lowest BCUT2D eigenvalue weighted by atomic mass is 10.0. The molecular formula is C15H17ClFNO. The number of hydrogen-bond acceptors (Lipinski definition) is 2. The van der Waals surface area contributed by atoms with E-state index in [-0.39, 0.29) is 16.9 Å². The van der Waals surface area contributed by atoms with Crippen LogP contribution in [0, 0.1) is 12.7 Å². The van der Waals surface area contributed by atoms with Gasteiger partial charge in [-0.3, -0.25) is 0 Å². The summed E-state index contributed by atoms with van der Waals surface area (Å²) in [4.78, 5) is 0. The second-order valence-corrected chi connectivity index (χ2v) is 4.94. The van der Waals surface area contributed by atoms with Gasteiger partial charge < -0.3 is 9.73 Å². The van der Waals surface area contributed by atoms with Crippen molar-refractivity contribution in [2.75, 3.05) is 6.54 Å². The van der Waals surface area contributed by atoms with Crippen LogP contribution in [0.3, 0.4) is 0 Å². The first-order valence-corrected chi connectivity index (χ1v) is 6.71. The van der Waals surface area contributed by atoms with Crippen LogP contribution in [-0.2, 0) is 6.42 Å². The summed E-state index contributed by atoms with van der Waals surface area (Å²) in [6.45, 7) is 4.89. The van der Waals surface area contributed by atoms with Gasteiger partial charge in [0.2, 0.25) is 0 Å². The van der Waals surface area contributed by atoms with E-state index < -0.39 is 0 Å². The third kappa shape index (κ3) is 3.37. The highest BCUT2D eigenvalue weighted by Crippen LogP contribution is 2.24. The summed E-state index contributed by atoms with van der Waals surface area (Å²) in [6, 6.07) is 6.83. The van der Waals surface area contributed by atoms with Crippen LogP contribution in [0.4, 0.5) is 4.39 Å². The van der Waals surface area contributed by atoms with Crippen LogP contribution in [0.25, 0.3) is 0 Å². The highest BCUT2D eigenvalue weighted by Gasteiger charge is 2.17. The number of benzene rings is 1. The molecule has 1 aromatic carbocycles. The number of aryl methyl sites for hydroxylation is 1. The molecule has 0 aliphatic heterocycles. The zero-order valence-electron chi connectivity index (χ0n) is 11.0. The molecule has 0 saturated heterocycles. The van der Waals surface area contributed by atoms with Crippen LogP contribution >= 0.6 is 11.6 Å². The van der Waals surface area contributed by atoms with Crippen LogP contribution in [0.1, 0.15) is 29.9 Å². The quantitative estimate of drug-likeness (QED) is 0.885. The molecule has 1 atom stereocenters. The molecule has 0 aliphatic carbocycles. The first-order chi connectivity index (χ1) is 9.11. The van der Waals surface area contributed by atoms with Gasteiger partial charge in [-0.05, 0) is 49.2 Å². The first kappa shape index (κ1) is 14.1. The summed E-state index contributed by atoms with van der Waals surface area (Å²) < 4.78 is 18.7. The fourth-order valence-corrected chi connectivity index (χ4v) is 2.35. The molecule has 2 nitrogen and oxygen atoms in total. The molecule has 0 amide bonds. The lowest BCUT2D eigenvalue weighted by Gasteiger charge is -2.17. The molecular weight excluding hydrogens is 265 g/mol. The summed E-state index contributed by atoms with van der Waals surface area (Å²) in [6.07, 6.45) is 2.40. The molecule has 0 radical (unpaired) electrons. The number of furan rings is 1. The van der Waals surface area contributed by atoms with Gasteiger partial charge in [0.15, 0.2) is 0 Å². The van der Waals surface area contributed by atoms with Crippen molar-refractivity contribution in [3.8, 4) is 0 Å². The van der Waals surface area contributed by atoms with E-state index in [4.69, 9.17) is 16.0 Å². The van der Waals surface area contributed by atoms with Crippen LogP contribution < -0.4 is 5.32 Å². The number of nitrogens with one attached hydrogen (secondary N) is 1. The van der Waals surface area contributed by atoms with Crippen LogP contribution in [-0.4, -0.2) is 6.54 Å². The lowest BCUT2D eigenvalue weighted by Crippen LogP contribution is -2.23. The minimum atomic E-state index is -0.389. The summed E-state index contributed by atoms with van der Waals surface area (Å²) in [5.41, 5.74) is 2.09. The zero-order chi connectivity index (χ0) is 13.8. The topological polar surface area (TPSA) is 25.2 Å². The Labute approximate surface area is 117 Å². The van der Waals surface area contributed by atoms with Crippen molar-refractivity contribution in [2.24, 2.45) is 0 Å². The second kappa shape index (κ2) is 6.22. The van der Waals surface area contributed by atoms with Gasteiger partial charge >= 0.3 is 0 Å². The molecule has 0 bridgehead atoms. The van der Waals surface area contributed by atoms with E-state index >= 15 is 0 Å². The SMILES string of the molecule is CCNC(Cc1ccc(F)c(Cl)c1)c1occc1C. The van der Waals surface area contributed by atoms with Crippen molar-refractivity contribution in [3.05, 3.63) is 58.3 Å². The molecule has 0 aliphatic rings. The molecule has 1 N–H and O–H groups in total. The normalized spacial score (nSPS) is 12.6. The Morgan fingerprint density at radius 1 is 1.37 bits per heavy atom. The van der Waals surface area contributed by atoms with Crippen molar-refractivity contribution >= 4 is 11.6 Å². The summed E-state index contributed by atoms with van der Waals surface area (Å²) in [5.74, 6) is 0.530. The molecule has 1 unspecified atom stereocenters. The number of likely N-dealkylation sites (N-methyl/N-ethyl adjacent to an activating group) is 1. The summed E-state index contributed by atoms with van der Waals surface area (Å²) >= 11 is 5.81. The third-order valence-corrected chi connectivity index (χ3v) is 3.38. The van der Waals surface area contributed by atoms with Gasteiger partial charge in [-0.15, -0.1) is 0 Å². The molecule has 1 aromatic heterocycles. The van der Waals surface area contributed by atoms with E-state index in [0.717, 1.165) is 23.4 Å². The number of halogens is 2. The minimum absolute atomic E-state index is 0.0709. The Morgan fingerprint density at radius 2 is 2.16 bits per heavy atom. The summed E-state index contributed by atoms with van der Waals surface area (Å²) in [7, 11) is 0. The van der Waals surface area contributed by atoms with Crippen LogP contribution in [0.15, 0.2) is 34.9 Å². The van der Waals surface area contributed by atoms with Gasteiger partial charge in [-0.2, -0.15) is 0 Å². The van der Waals surface area contributed by atoms with E-state index in [1.807, 2.05) is 19.9 Å². The van der Waals surface area contributed by atoms with Gasteiger partial charge in [0.05, 0.1) is 17.3 Å². The Kier molecular flexibility index (Phi) is 4.61. The van der Waals surface area contributed by atoms with Crippen molar-refractivity contribution in [3.63, 3.8) is 0 Å². The smallest absolute Gasteiger partial charge is 0.141 e. The van der Waals surface area contributed by atoms with E-state index in [1.165, 1.54) is 6.07 Å². The van der Waals surface area contributed by atoms with Crippen molar-refractivity contribution < 1.29 is 8.81 Å². The van der Waals surface area contributed by atoms with Gasteiger partial charge in [0.25, 0.3) is 0 Å². The van der Waals surface area contributed by atoms with E-state index in [2.05, 4.69) is 5.32 Å². The average molecular weight is 282 g/mol. The second-order valence-electron chi connectivity index (χ2n) is 4.53. The molecule has 1 heterocycles. The molecule has 2 rings (SSSR count). The Hall–Kier alpha value is -1.32. The fraction of sp³-hybridized carbons (Fsp3) is 0.333. The fourth-order valence-electron chi connectivity index (χ4n) is 2.15. The highest BCUT2D eigenvalue weighted by atomic mass is 35.5. The lowest BCUT2D eigenvalue weighted by molar-refractivity contribution is 0.413. The van der Waals surface area contributed by atoms with Crippen molar-refractivity contribution in [2.45, 2.75) is 26.3 Å². The number of hydrogen-bond donors (Lipinski definition) is 1. The van der Waals surface area contributed by atoms with Gasteiger partial charge in [-0.1, -0.05) is 24.6 Å². The Bertz CT molecular complexity index is 553. The van der Waals surface area contributed by atoms with Crippen LogP contribution in [0.5, 0.6) is 0 Å². The maximum absolute atomic E-state index is 13.2. The monoisotopic (exact) mass is 281 g/mol. The Morgan fingerprint density at radius 3 is 2.74 bits per heavy atom. The standard InChI is InChI=1S/C15H17ClFNO/c1-3-18-14(15-10(2)6-7-19-15)9-11-4-5-13(17)12(16)8-11/h4-8,14,18H,3,9H2,1-2H3. The van der Waals surface area contributed by atoms with E-state index in [9.17, 15) is 4.39 Å². The number of rotatable bonds is 5. The van der Waals surface area contributed by atoms with Crippen molar-refractivity contribution in [1.82, 2.24) is 5.32 Å². The zero-order valence-corrected chi connectivity index (χ0v) is 11.8. The predicted molar refractivity (Wildman–Crippen MR) is 75.0 cm³/mol. The van der Waals surface area contributed by atoms with E-state index in [0.29, 0.717) is 6.42 Å². The van der Waals surface area contributed by atoms with Gasteiger partial charge in [-0.25, -0.2) is 4.39 Å². The average Bonchev–Trinajstić information content (AvgIpc) is 2.79. The maximum atomic E-state index is 13.2. The van der Waals surface area contributed by atoms with Crippen LogP contribution in [0.2, 0.25) is 5.02 Å². The van der Waals surface area contributed by atoms with E-state index in [1.54, 1.807) is 18.4 Å². The van der Waals surface area contributed by atoms with Gasteiger partial charge in [0, 0.05) is 0 Å². The highest BCUT2D eigenvalue weighted by molar-refractivity contribution is 6.30. The molecule has 2 aromatic rings. The predicted octanol–water partition coefficient (Wildman–Crippen LogP) is 4.27. The minimum Gasteiger partial charge on any atom is -0.467 e. The maximum Gasteiger partial charge on any atom is 0.141 e.